The van der Waals surface area contributed by atoms with Crippen molar-refractivity contribution in [3.05, 3.63) is 128 Å². The van der Waals surface area contributed by atoms with Crippen molar-refractivity contribution >= 4 is 38.4 Å². The molecule has 0 amide bonds. The zero-order chi connectivity index (χ0) is 40.9. The molecule has 21 heteroatoms. The number of phosphoric acid groups is 2. The van der Waals surface area contributed by atoms with Crippen LogP contribution in [-0.4, -0.2) is 66.1 Å². The van der Waals surface area contributed by atoms with Crippen molar-refractivity contribution < 1.29 is 65.7 Å². The topological polar surface area (TPSA) is 254 Å². The van der Waals surface area contributed by atoms with Gasteiger partial charge >= 0.3 is 27.3 Å². The van der Waals surface area contributed by atoms with Gasteiger partial charge in [0.2, 0.25) is 0 Å². The van der Waals surface area contributed by atoms with Crippen LogP contribution in [0.3, 0.4) is 0 Å². The molecule has 0 saturated carbocycles. The number of nitrogens with zero attached hydrogens (tertiary/aromatic N) is 3. The van der Waals surface area contributed by atoms with Crippen LogP contribution < -0.4 is 16.0 Å². The normalized spacial score (nSPS) is 20.2. The molecule has 0 bridgehead atoms. The number of ether oxygens (including phenoxy) is 2. The number of hydrogen-bond donors (Lipinski definition) is 3. The molecule has 0 spiro atoms. The Labute approximate surface area is 323 Å². The van der Waals surface area contributed by atoms with Crippen LogP contribution in [0.2, 0.25) is 0 Å². The summed E-state index contributed by atoms with van der Waals surface area (Å²) in [4.78, 5) is 59.6. The molecule has 1 fully saturated rings. The number of aliphatic hydroxyl groups is 2. The summed E-state index contributed by atoms with van der Waals surface area (Å²) in [5, 5.41) is 26.2. The monoisotopic (exact) mass is 829 g/mol. The minimum absolute atomic E-state index is 0.0570. The first-order valence-electron chi connectivity index (χ1n) is 17.2. The highest BCUT2D eigenvalue weighted by molar-refractivity contribution is 7.61. The van der Waals surface area contributed by atoms with Gasteiger partial charge in [-0.2, -0.15) is 4.31 Å². The Morgan fingerprint density at radius 2 is 1.47 bits per heavy atom. The van der Waals surface area contributed by atoms with Gasteiger partial charge in [0.15, 0.2) is 11.8 Å². The molecule has 1 aliphatic rings. The van der Waals surface area contributed by atoms with Crippen LogP contribution in [0.25, 0.3) is 11.0 Å². The number of phosphoric ester groups is 2. The first kappa shape index (κ1) is 41.7. The third-order valence-electron chi connectivity index (χ3n) is 8.51. The number of para-hydroxylation sites is 1. The van der Waals surface area contributed by atoms with Crippen molar-refractivity contribution in [2.75, 3.05) is 6.61 Å². The Morgan fingerprint density at radius 3 is 2.12 bits per heavy atom. The van der Waals surface area contributed by atoms with E-state index in [1.54, 1.807) is 48.5 Å². The lowest BCUT2D eigenvalue weighted by Gasteiger charge is -2.22. The number of esters is 1. The number of carbonyl (C=O) groups excluding carboxylic acids is 2. The van der Waals surface area contributed by atoms with E-state index in [2.05, 4.69) is 5.16 Å². The van der Waals surface area contributed by atoms with Gasteiger partial charge in [-0.3, -0.25) is 37.1 Å². The van der Waals surface area contributed by atoms with Crippen molar-refractivity contribution in [3.63, 3.8) is 0 Å². The van der Waals surface area contributed by atoms with Crippen LogP contribution >= 0.6 is 15.6 Å². The van der Waals surface area contributed by atoms with Gasteiger partial charge in [0.25, 0.3) is 5.56 Å². The van der Waals surface area contributed by atoms with E-state index in [0.717, 1.165) is 21.4 Å². The van der Waals surface area contributed by atoms with E-state index in [1.807, 2.05) is 0 Å². The van der Waals surface area contributed by atoms with Crippen LogP contribution in [0, 0.1) is 0 Å². The molecular weight excluding hydrogens is 792 g/mol. The number of rotatable bonds is 17. The standard InChI is InChI=1S/C36H37N3O16P2/c1-22(40)17-24-7-9-25(10-8-24)19-50-57(48,51-20-26-11-13-27(14-12-26)52-23(2)41)55-56(46,47)49-21-31-33(43)34(44)35(53-31)38-16-15-32(42)39(36(38)45)18-29-28-5-3-4-6-30(28)54-37-29/h3-16,31,33-35,43-44H,17-21H2,1-2H3,(H,46,47)/t31-,33+,34+,35-,57?/m1/s1. The summed E-state index contributed by atoms with van der Waals surface area (Å²) >= 11 is 0. The van der Waals surface area contributed by atoms with Crippen molar-refractivity contribution in [2.45, 2.75) is 64.6 Å². The molecule has 6 atom stereocenters. The van der Waals surface area contributed by atoms with E-state index in [9.17, 15) is 43.4 Å². The minimum Gasteiger partial charge on any atom is -0.427 e. The molecule has 5 aromatic rings. The van der Waals surface area contributed by atoms with E-state index in [0.29, 0.717) is 27.7 Å². The number of aromatic nitrogens is 3. The number of hydrogen-bond acceptors (Lipinski definition) is 16. The molecule has 2 unspecified atom stereocenters. The van der Waals surface area contributed by atoms with Gasteiger partial charge in [0, 0.05) is 31.0 Å². The lowest BCUT2D eigenvalue weighted by Crippen LogP contribution is -2.43. The lowest BCUT2D eigenvalue weighted by atomic mass is 10.1. The van der Waals surface area contributed by atoms with Gasteiger partial charge in [0.05, 0.1) is 26.4 Å². The second-order valence-electron chi connectivity index (χ2n) is 12.9. The first-order chi connectivity index (χ1) is 27.1. The number of Topliss-reactive ketones (excluding diaryl/α,β-unsaturated/α-hetero) is 1. The smallest absolute Gasteiger partial charge is 0.427 e. The van der Waals surface area contributed by atoms with Crippen molar-refractivity contribution in [3.8, 4) is 5.75 Å². The number of carbonyl (C=O) groups is 2. The van der Waals surface area contributed by atoms with Gasteiger partial charge < -0.3 is 29.1 Å². The Kier molecular flexibility index (Phi) is 13.0. The second kappa shape index (κ2) is 17.7. The quantitative estimate of drug-likeness (QED) is 0.0688. The summed E-state index contributed by atoms with van der Waals surface area (Å²) in [5.74, 6) is -0.385. The molecule has 0 radical (unpaired) electrons. The SMILES string of the molecule is CC(=O)Cc1ccc(COP(=O)(OCc2ccc(OC(C)=O)cc2)OP(=O)(O)OC[C@H]2O[C@@H](n3ccc(=O)n(Cc4noc5ccccc45)c3=O)[C@@H](O)[C@H]2O)cc1. The van der Waals surface area contributed by atoms with Crippen LogP contribution in [-0.2, 0) is 67.5 Å². The van der Waals surface area contributed by atoms with Crippen LogP contribution in [0.1, 0.15) is 42.5 Å². The molecule has 0 aliphatic carbocycles. The summed E-state index contributed by atoms with van der Waals surface area (Å²) in [6, 6.07) is 20.1. The summed E-state index contributed by atoms with van der Waals surface area (Å²) in [5.41, 5.74) is 0.599. The van der Waals surface area contributed by atoms with Crippen molar-refractivity contribution in [1.82, 2.24) is 14.3 Å². The Morgan fingerprint density at radius 1 is 0.842 bits per heavy atom. The molecule has 302 valence electrons. The number of fused-ring (bicyclic) bond motifs is 1. The van der Waals surface area contributed by atoms with Crippen molar-refractivity contribution in [2.24, 2.45) is 0 Å². The number of ketones is 1. The summed E-state index contributed by atoms with van der Waals surface area (Å²) in [6.07, 6.45) is -5.48. The molecule has 1 saturated heterocycles. The van der Waals surface area contributed by atoms with Gasteiger partial charge in [-0.05, 0) is 47.9 Å². The highest BCUT2D eigenvalue weighted by Gasteiger charge is 2.46. The molecule has 3 heterocycles. The van der Waals surface area contributed by atoms with Gasteiger partial charge in [0.1, 0.15) is 35.5 Å². The third-order valence-corrected chi connectivity index (χ3v) is 11.5. The molecule has 19 nitrogen and oxygen atoms in total. The molecule has 3 N–H and O–H groups in total. The zero-order valence-corrected chi connectivity index (χ0v) is 32.1. The number of benzene rings is 3. The van der Waals surface area contributed by atoms with Gasteiger partial charge in [-0.15, -0.1) is 0 Å². The van der Waals surface area contributed by atoms with E-state index in [4.69, 9.17) is 31.9 Å². The van der Waals surface area contributed by atoms with E-state index in [1.165, 1.54) is 38.1 Å². The largest absolute Gasteiger partial charge is 0.484 e. The average molecular weight is 830 g/mol. The van der Waals surface area contributed by atoms with E-state index < -0.39 is 77.2 Å². The predicted molar refractivity (Wildman–Crippen MR) is 197 cm³/mol. The summed E-state index contributed by atoms with van der Waals surface area (Å²) in [6.45, 7) is 0.517. The molecule has 3 aromatic carbocycles. The maximum atomic E-state index is 13.8. The first-order valence-corrected chi connectivity index (χ1v) is 20.1. The fourth-order valence-electron chi connectivity index (χ4n) is 5.74. The Balaban J connectivity index is 1.14. The number of aliphatic hydroxyl groups excluding tert-OH is 2. The highest BCUT2D eigenvalue weighted by Crippen LogP contribution is 2.64. The van der Waals surface area contributed by atoms with Gasteiger partial charge in [-0.1, -0.05) is 53.7 Å². The van der Waals surface area contributed by atoms with Gasteiger partial charge in [-0.25, -0.2) is 13.9 Å². The average Bonchev–Trinajstić information content (AvgIpc) is 3.70. The molecule has 1 aliphatic heterocycles. The fraction of sp³-hybridized carbons (Fsp3) is 0.306. The summed E-state index contributed by atoms with van der Waals surface area (Å²) < 4.78 is 65.5. The molecular formula is C36H37N3O16P2. The van der Waals surface area contributed by atoms with Crippen LogP contribution in [0.15, 0.2) is 99.2 Å². The predicted octanol–water partition coefficient (Wildman–Crippen LogP) is 3.55. The van der Waals surface area contributed by atoms with E-state index >= 15 is 0 Å². The van der Waals surface area contributed by atoms with Crippen molar-refractivity contribution in [1.29, 1.82) is 0 Å². The maximum absolute atomic E-state index is 13.8. The fourth-order valence-corrected chi connectivity index (χ4v) is 8.34. The maximum Gasteiger partial charge on any atom is 0.484 e. The Bertz CT molecular complexity index is 2380. The summed E-state index contributed by atoms with van der Waals surface area (Å²) in [7, 11) is -10.3. The second-order valence-corrected chi connectivity index (χ2v) is 16.1. The molecule has 6 rings (SSSR count). The van der Waals surface area contributed by atoms with Crippen LogP contribution in [0.4, 0.5) is 0 Å². The zero-order valence-electron chi connectivity index (χ0n) is 30.3. The molecule has 57 heavy (non-hydrogen) atoms. The van der Waals surface area contributed by atoms with Crippen LogP contribution in [0.5, 0.6) is 5.75 Å². The van der Waals surface area contributed by atoms with E-state index in [-0.39, 0.29) is 30.2 Å². The third kappa shape index (κ3) is 10.5. The minimum atomic E-state index is -5.38. The molecule has 2 aromatic heterocycles. The Hall–Kier alpha value is -4.91. The highest BCUT2D eigenvalue weighted by atomic mass is 31.3. The lowest BCUT2D eigenvalue weighted by molar-refractivity contribution is -0.131.